The maximum atomic E-state index is 11.9. The molecule has 0 atom stereocenters. The summed E-state index contributed by atoms with van der Waals surface area (Å²) in [4.78, 5) is 23.6. The van der Waals surface area contributed by atoms with Crippen molar-refractivity contribution in [2.75, 3.05) is 13.2 Å². The smallest absolute Gasteiger partial charge is 0.374 e. The maximum absolute atomic E-state index is 11.9. The normalized spacial score (nSPS) is 10.6. The fourth-order valence-electron chi connectivity index (χ4n) is 1.69. The monoisotopic (exact) mass is 261 g/mol. The minimum absolute atomic E-state index is 0.0848. The highest BCUT2D eigenvalue weighted by molar-refractivity contribution is 5.89. The molecule has 1 heterocycles. The van der Waals surface area contributed by atoms with Crippen molar-refractivity contribution in [3.63, 3.8) is 0 Å². The van der Waals surface area contributed by atoms with E-state index in [1.807, 2.05) is 13.0 Å². The van der Waals surface area contributed by atoms with Gasteiger partial charge in [-0.2, -0.15) is 0 Å². The topological polar surface area (TPSA) is 82.5 Å². The van der Waals surface area contributed by atoms with Crippen LogP contribution in [0.4, 0.5) is 0 Å². The lowest BCUT2D eigenvalue weighted by atomic mass is 10.1. The number of aryl methyl sites for hydroxylation is 1. The summed E-state index contributed by atoms with van der Waals surface area (Å²) in [7, 11) is 0. The van der Waals surface area contributed by atoms with Crippen LogP contribution in [-0.4, -0.2) is 19.1 Å². The van der Waals surface area contributed by atoms with E-state index in [2.05, 4.69) is 0 Å². The van der Waals surface area contributed by atoms with Crippen molar-refractivity contribution in [1.29, 1.82) is 0 Å². The van der Waals surface area contributed by atoms with Gasteiger partial charge in [0.2, 0.25) is 5.76 Å². The summed E-state index contributed by atoms with van der Waals surface area (Å²) in [5.41, 5.74) is 6.38. The van der Waals surface area contributed by atoms with Gasteiger partial charge in [0.05, 0.1) is 12.0 Å². The standard InChI is InChI=1S/C14H15NO4/c1-9-3-4-12-10(7-9)11(16)8-13(19-12)14(17)18-6-2-5-15/h3-4,7-8H,2,5-6,15H2,1H3. The van der Waals surface area contributed by atoms with Gasteiger partial charge >= 0.3 is 5.97 Å². The molecule has 0 bridgehead atoms. The minimum Gasteiger partial charge on any atom is -0.460 e. The molecule has 0 amide bonds. The Labute approximate surface area is 110 Å². The maximum Gasteiger partial charge on any atom is 0.374 e. The van der Waals surface area contributed by atoms with Gasteiger partial charge in [0, 0.05) is 6.07 Å². The Kier molecular flexibility index (Phi) is 3.97. The van der Waals surface area contributed by atoms with Gasteiger partial charge in [-0.1, -0.05) is 11.6 Å². The molecule has 0 radical (unpaired) electrons. The molecule has 0 fully saturated rings. The molecule has 1 aromatic heterocycles. The predicted octanol–water partition coefficient (Wildman–Crippen LogP) is 1.61. The van der Waals surface area contributed by atoms with Gasteiger partial charge in [-0.05, 0) is 32.0 Å². The average molecular weight is 261 g/mol. The average Bonchev–Trinajstić information content (AvgIpc) is 2.39. The molecule has 19 heavy (non-hydrogen) atoms. The number of hydrogen-bond acceptors (Lipinski definition) is 5. The molecule has 0 aliphatic rings. The van der Waals surface area contributed by atoms with E-state index in [4.69, 9.17) is 14.9 Å². The number of rotatable bonds is 4. The molecule has 2 aromatic rings. The quantitative estimate of drug-likeness (QED) is 0.667. The van der Waals surface area contributed by atoms with E-state index < -0.39 is 5.97 Å². The number of carbonyl (C=O) groups is 1. The SMILES string of the molecule is Cc1ccc2oc(C(=O)OCCCN)cc(=O)c2c1. The lowest BCUT2D eigenvalue weighted by Gasteiger charge is -2.04. The van der Waals surface area contributed by atoms with Crippen LogP contribution in [0.15, 0.2) is 33.5 Å². The zero-order valence-electron chi connectivity index (χ0n) is 10.6. The number of nitrogens with two attached hydrogens (primary N) is 1. The Morgan fingerprint density at radius 2 is 2.16 bits per heavy atom. The Hall–Kier alpha value is -2.14. The molecule has 0 unspecified atom stereocenters. The van der Waals surface area contributed by atoms with Crippen molar-refractivity contribution in [3.05, 3.63) is 45.8 Å². The van der Waals surface area contributed by atoms with Gasteiger partial charge in [0.1, 0.15) is 5.58 Å². The molecule has 5 heteroatoms. The number of ether oxygens (including phenoxy) is 1. The fraction of sp³-hybridized carbons (Fsp3) is 0.286. The molecule has 0 saturated heterocycles. The van der Waals surface area contributed by atoms with Gasteiger partial charge < -0.3 is 14.9 Å². The third-order valence-corrected chi connectivity index (χ3v) is 2.67. The molecule has 0 spiro atoms. The van der Waals surface area contributed by atoms with Crippen LogP contribution in [0.5, 0.6) is 0 Å². The van der Waals surface area contributed by atoms with E-state index in [9.17, 15) is 9.59 Å². The molecule has 0 saturated carbocycles. The van der Waals surface area contributed by atoms with Crippen molar-refractivity contribution in [3.8, 4) is 0 Å². The Morgan fingerprint density at radius 1 is 1.37 bits per heavy atom. The largest absolute Gasteiger partial charge is 0.460 e. The van der Waals surface area contributed by atoms with Crippen LogP contribution < -0.4 is 11.2 Å². The summed E-state index contributed by atoms with van der Waals surface area (Å²) in [6.45, 7) is 2.53. The summed E-state index contributed by atoms with van der Waals surface area (Å²) in [5, 5.41) is 0.457. The van der Waals surface area contributed by atoms with Crippen LogP contribution in [0.2, 0.25) is 0 Å². The predicted molar refractivity (Wildman–Crippen MR) is 71.2 cm³/mol. The Morgan fingerprint density at radius 3 is 2.89 bits per heavy atom. The second kappa shape index (κ2) is 5.67. The highest BCUT2D eigenvalue weighted by Crippen LogP contribution is 2.14. The van der Waals surface area contributed by atoms with Crippen molar-refractivity contribution in [2.24, 2.45) is 5.73 Å². The third kappa shape index (κ3) is 3.00. The summed E-state index contributed by atoms with van der Waals surface area (Å²) >= 11 is 0. The summed E-state index contributed by atoms with van der Waals surface area (Å²) < 4.78 is 10.3. The van der Waals surface area contributed by atoms with Crippen LogP contribution in [-0.2, 0) is 4.74 Å². The zero-order valence-corrected chi connectivity index (χ0v) is 10.6. The first-order valence-electron chi connectivity index (χ1n) is 6.03. The fourth-order valence-corrected chi connectivity index (χ4v) is 1.69. The van der Waals surface area contributed by atoms with Crippen LogP contribution >= 0.6 is 0 Å². The first-order valence-corrected chi connectivity index (χ1v) is 6.03. The molecule has 0 aliphatic heterocycles. The van der Waals surface area contributed by atoms with E-state index in [0.717, 1.165) is 11.6 Å². The van der Waals surface area contributed by atoms with E-state index in [1.54, 1.807) is 12.1 Å². The van der Waals surface area contributed by atoms with Gasteiger partial charge in [0.15, 0.2) is 5.43 Å². The molecule has 1 aromatic carbocycles. The summed E-state index contributed by atoms with van der Waals surface area (Å²) in [6.07, 6.45) is 0.572. The van der Waals surface area contributed by atoms with E-state index in [1.165, 1.54) is 0 Å². The first kappa shape index (κ1) is 13.3. The second-order valence-corrected chi connectivity index (χ2v) is 4.25. The first-order chi connectivity index (χ1) is 9.11. The van der Waals surface area contributed by atoms with Gasteiger partial charge in [-0.3, -0.25) is 4.79 Å². The van der Waals surface area contributed by atoms with Crippen molar-refractivity contribution in [2.45, 2.75) is 13.3 Å². The van der Waals surface area contributed by atoms with E-state index in [0.29, 0.717) is 23.9 Å². The lowest BCUT2D eigenvalue weighted by Crippen LogP contribution is -2.12. The van der Waals surface area contributed by atoms with Gasteiger partial charge in [-0.15, -0.1) is 0 Å². The number of benzene rings is 1. The highest BCUT2D eigenvalue weighted by atomic mass is 16.5. The van der Waals surface area contributed by atoms with Crippen molar-refractivity contribution in [1.82, 2.24) is 0 Å². The zero-order chi connectivity index (χ0) is 13.8. The Balaban J connectivity index is 2.33. The van der Waals surface area contributed by atoms with Crippen LogP contribution in [0, 0.1) is 6.92 Å². The molecule has 0 aliphatic carbocycles. The molecule has 100 valence electrons. The van der Waals surface area contributed by atoms with E-state index in [-0.39, 0.29) is 17.8 Å². The number of hydrogen-bond donors (Lipinski definition) is 1. The summed E-state index contributed by atoms with van der Waals surface area (Å²) in [6, 6.07) is 6.37. The number of esters is 1. The van der Waals surface area contributed by atoms with Crippen molar-refractivity contribution < 1.29 is 13.9 Å². The van der Waals surface area contributed by atoms with Crippen LogP contribution in [0.1, 0.15) is 22.5 Å². The van der Waals surface area contributed by atoms with E-state index >= 15 is 0 Å². The molecule has 2 N–H and O–H groups in total. The highest BCUT2D eigenvalue weighted by Gasteiger charge is 2.13. The third-order valence-electron chi connectivity index (χ3n) is 2.67. The second-order valence-electron chi connectivity index (χ2n) is 4.25. The number of carbonyl (C=O) groups excluding carboxylic acids is 1. The molecular formula is C14H15NO4. The molecular weight excluding hydrogens is 246 g/mol. The van der Waals surface area contributed by atoms with Crippen LogP contribution in [0.25, 0.3) is 11.0 Å². The van der Waals surface area contributed by atoms with Crippen LogP contribution in [0.3, 0.4) is 0 Å². The van der Waals surface area contributed by atoms with Gasteiger partial charge in [-0.25, -0.2) is 4.79 Å². The Bertz CT molecular complexity index is 660. The lowest BCUT2D eigenvalue weighted by molar-refractivity contribution is 0.0467. The summed E-state index contributed by atoms with van der Waals surface area (Å²) in [5.74, 6) is -0.730. The minimum atomic E-state index is -0.645. The molecule has 2 rings (SSSR count). The van der Waals surface area contributed by atoms with Gasteiger partial charge in [0.25, 0.3) is 0 Å². The van der Waals surface area contributed by atoms with Crippen molar-refractivity contribution >= 4 is 16.9 Å². The molecule has 5 nitrogen and oxygen atoms in total. The number of fused-ring (bicyclic) bond motifs is 1.